The van der Waals surface area contributed by atoms with Crippen LogP contribution in [0, 0.1) is 0 Å². The predicted molar refractivity (Wildman–Crippen MR) is 139 cm³/mol. The van der Waals surface area contributed by atoms with E-state index in [1.807, 2.05) is 0 Å². The van der Waals surface area contributed by atoms with E-state index in [1.165, 1.54) is 10.6 Å². The van der Waals surface area contributed by atoms with Gasteiger partial charge in [0.15, 0.2) is 5.65 Å². The van der Waals surface area contributed by atoms with Gasteiger partial charge in [-0.1, -0.05) is 18.2 Å². The number of aromatic nitrogens is 3. The van der Waals surface area contributed by atoms with Crippen molar-refractivity contribution in [3.05, 3.63) is 77.9 Å². The fourth-order valence-corrected chi connectivity index (χ4v) is 4.37. The van der Waals surface area contributed by atoms with Crippen molar-refractivity contribution in [2.45, 2.75) is 6.18 Å². The van der Waals surface area contributed by atoms with Gasteiger partial charge in [-0.3, -0.25) is 9.69 Å². The van der Waals surface area contributed by atoms with Crippen LogP contribution in [0.3, 0.4) is 0 Å². The number of halogens is 3. The smallest absolute Gasteiger partial charge is 0.351 e. The summed E-state index contributed by atoms with van der Waals surface area (Å²) in [6.45, 7) is 5.49. The largest absolute Gasteiger partial charge is 0.416 e. The van der Waals surface area contributed by atoms with Crippen LogP contribution < -0.4 is 10.6 Å². The number of likely N-dealkylation sites (N-methyl/N-ethyl adjacent to an activating group) is 1. The Morgan fingerprint density at radius 1 is 0.974 bits per heavy atom. The van der Waals surface area contributed by atoms with Gasteiger partial charge in [-0.05, 0) is 55.6 Å². The summed E-state index contributed by atoms with van der Waals surface area (Å²) in [5.41, 5.74) is 1.84. The molecule has 198 valence electrons. The number of carbonyl (C=O) groups is 1. The molecule has 0 spiro atoms. The zero-order valence-electron chi connectivity index (χ0n) is 20.9. The van der Waals surface area contributed by atoms with Gasteiger partial charge in [0.2, 0.25) is 5.95 Å². The number of fused-ring (bicyclic) bond motifs is 1. The Kier molecular flexibility index (Phi) is 7.30. The second kappa shape index (κ2) is 10.8. The molecule has 11 heteroatoms. The minimum Gasteiger partial charge on any atom is -0.351 e. The lowest BCUT2D eigenvalue weighted by Gasteiger charge is -2.32. The molecule has 5 rings (SSSR count). The highest BCUT2D eigenvalue weighted by atomic mass is 19.4. The van der Waals surface area contributed by atoms with Gasteiger partial charge in [-0.2, -0.15) is 18.2 Å². The highest BCUT2D eigenvalue weighted by Gasteiger charge is 2.30. The van der Waals surface area contributed by atoms with E-state index < -0.39 is 11.7 Å². The van der Waals surface area contributed by atoms with Crippen molar-refractivity contribution in [2.75, 3.05) is 51.6 Å². The minimum atomic E-state index is -4.44. The van der Waals surface area contributed by atoms with Crippen LogP contribution in [0.5, 0.6) is 0 Å². The van der Waals surface area contributed by atoms with E-state index in [9.17, 15) is 18.0 Å². The molecular formula is C27H28F3N7O. The Labute approximate surface area is 218 Å². The number of nitrogens with one attached hydrogen (secondary N) is 2. The molecule has 0 saturated carbocycles. The van der Waals surface area contributed by atoms with Crippen LogP contribution in [-0.2, 0) is 6.18 Å². The molecule has 1 fully saturated rings. The average Bonchev–Trinajstić information content (AvgIpc) is 3.32. The zero-order valence-corrected chi connectivity index (χ0v) is 20.9. The Balaban J connectivity index is 1.23. The van der Waals surface area contributed by atoms with E-state index in [0.29, 0.717) is 34.7 Å². The third-order valence-corrected chi connectivity index (χ3v) is 6.56. The molecule has 0 aliphatic carbocycles. The molecule has 0 unspecified atom stereocenters. The van der Waals surface area contributed by atoms with Crippen LogP contribution >= 0.6 is 0 Å². The predicted octanol–water partition coefficient (Wildman–Crippen LogP) is 4.14. The number of piperazine rings is 1. The highest BCUT2D eigenvalue weighted by molar-refractivity contribution is 5.94. The van der Waals surface area contributed by atoms with E-state index in [2.05, 4.69) is 37.6 Å². The van der Waals surface area contributed by atoms with Crippen molar-refractivity contribution in [3.8, 4) is 11.3 Å². The molecule has 1 aliphatic rings. The van der Waals surface area contributed by atoms with Crippen molar-refractivity contribution < 1.29 is 18.0 Å². The van der Waals surface area contributed by atoms with Gasteiger partial charge < -0.3 is 15.5 Å². The number of pyridine rings is 1. The van der Waals surface area contributed by atoms with Crippen LogP contribution in [0.2, 0.25) is 0 Å². The van der Waals surface area contributed by atoms with Gasteiger partial charge in [0.05, 0.1) is 11.3 Å². The number of carbonyl (C=O) groups excluding carboxylic acids is 1. The molecule has 38 heavy (non-hydrogen) atoms. The Hall–Kier alpha value is -3.96. The molecule has 2 aromatic heterocycles. The van der Waals surface area contributed by atoms with Crippen LogP contribution in [0.15, 0.2) is 66.7 Å². The van der Waals surface area contributed by atoms with Crippen molar-refractivity contribution in [1.82, 2.24) is 29.7 Å². The first kappa shape index (κ1) is 25.7. The highest BCUT2D eigenvalue weighted by Crippen LogP contribution is 2.32. The van der Waals surface area contributed by atoms with Crippen LogP contribution in [0.1, 0.15) is 15.9 Å². The molecule has 2 aromatic carbocycles. The molecule has 1 aliphatic heterocycles. The second-order valence-electron chi connectivity index (χ2n) is 9.30. The first-order valence-corrected chi connectivity index (χ1v) is 12.4. The van der Waals surface area contributed by atoms with Crippen molar-refractivity contribution >= 4 is 23.2 Å². The molecule has 2 N–H and O–H groups in total. The fraction of sp³-hybridized carbons (Fsp3) is 0.296. The van der Waals surface area contributed by atoms with Crippen LogP contribution in [0.4, 0.5) is 24.8 Å². The molecule has 1 amide bonds. The van der Waals surface area contributed by atoms with Crippen molar-refractivity contribution in [3.63, 3.8) is 0 Å². The first-order chi connectivity index (χ1) is 18.3. The third-order valence-electron chi connectivity index (χ3n) is 6.56. The molecule has 0 bridgehead atoms. The fourth-order valence-electron chi connectivity index (χ4n) is 4.37. The summed E-state index contributed by atoms with van der Waals surface area (Å²) in [6, 6.07) is 17.2. The summed E-state index contributed by atoms with van der Waals surface area (Å²) >= 11 is 0. The van der Waals surface area contributed by atoms with E-state index in [-0.39, 0.29) is 11.9 Å². The second-order valence-corrected chi connectivity index (χ2v) is 9.30. The monoisotopic (exact) mass is 523 g/mol. The summed E-state index contributed by atoms with van der Waals surface area (Å²) in [5, 5.41) is 10.5. The lowest BCUT2D eigenvalue weighted by Crippen LogP contribution is -2.46. The summed E-state index contributed by atoms with van der Waals surface area (Å²) in [4.78, 5) is 21.6. The van der Waals surface area contributed by atoms with Gasteiger partial charge in [0.1, 0.15) is 0 Å². The Bertz CT molecular complexity index is 1410. The summed E-state index contributed by atoms with van der Waals surface area (Å²) < 4.78 is 41.1. The third kappa shape index (κ3) is 5.95. The number of hydrogen-bond donors (Lipinski definition) is 2. The Morgan fingerprint density at radius 2 is 1.71 bits per heavy atom. The van der Waals surface area contributed by atoms with Gasteiger partial charge in [0, 0.05) is 56.1 Å². The van der Waals surface area contributed by atoms with Gasteiger partial charge in [0.25, 0.3) is 5.91 Å². The van der Waals surface area contributed by atoms with E-state index >= 15 is 0 Å². The van der Waals surface area contributed by atoms with Crippen molar-refractivity contribution in [1.29, 1.82) is 0 Å². The van der Waals surface area contributed by atoms with E-state index in [4.69, 9.17) is 0 Å². The lowest BCUT2D eigenvalue weighted by molar-refractivity contribution is -0.137. The standard InChI is InChI=1S/C27H28F3N7O/c1-35-14-16-36(17-15-35)13-12-31-25(38)19-8-10-22(11-9-19)32-26-33-24-7-3-6-23(37(24)34-26)20-4-2-5-21(18-20)27(28,29)30/h2-11,18H,12-17H2,1H3,(H,31,38)(H,32,34). The molecule has 1 saturated heterocycles. The number of amides is 1. The van der Waals surface area contributed by atoms with Crippen molar-refractivity contribution in [2.24, 2.45) is 0 Å². The topological polar surface area (TPSA) is 77.8 Å². The number of hydrogen-bond acceptors (Lipinski definition) is 6. The number of rotatable bonds is 7. The average molecular weight is 524 g/mol. The van der Waals surface area contributed by atoms with Gasteiger partial charge >= 0.3 is 6.18 Å². The molecule has 0 radical (unpaired) electrons. The molecule has 3 heterocycles. The quantitative estimate of drug-likeness (QED) is 0.379. The van der Waals surface area contributed by atoms with E-state index in [1.54, 1.807) is 48.5 Å². The number of anilines is 2. The van der Waals surface area contributed by atoms with Crippen LogP contribution in [0.25, 0.3) is 16.9 Å². The minimum absolute atomic E-state index is 0.137. The maximum absolute atomic E-state index is 13.2. The lowest BCUT2D eigenvalue weighted by atomic mass is 10.1. The summed E-state index contributed by atoms with van der Waals surface area (Å²) in [5.74, 6) is 0.149. The molecule has 4 aromatic rings. The van der Waals surface area contributed by atoms with E-state index in [0.717, 1.165) is 44.9 Å². The van der Waals surface area contributed by atoms with Gasteiger partial charge in [-0.25, -0.2) is 4.52 Å². The normalized spacial score (nSPS) is 15.1. The summed E-state index contributed by atoms with van der Waals surface area (Å²) in [7, 11) is 2.11. The van der Waals surface area contributed by atoms with Crippen LogP contribution in [-0.4, -0.2) is 76.6 Å². The van der Waals surface area contributed by atoms with Gasteiger partial charge in [-0.15, -0.1) is 5.10 Å². The maximum atomic E-state index is 13.2. The first-order valence-electron chi connectivity index (χ1n) is 12.4. The number of benzene rings is 2. The Morgan fingerprint density at radius 3 is 2.45 bits per heavy atom. The molecule has 0 atom stereocenters. The number of alkyl halides is 3. The number of nitrogens with zero attached hydrogens (tertiary/aromatic N) is 5. The molecular weight excluding hydrogens is 495 g/mol. The summed E-state index contributed by atoms with van der Waals surface area (Å²) in [6.07, 6.45) is -4.44. The SMILES string of the molecule is CN1CCN(CCNC(=O)c2ccc(Nc3nc4cccc(-c5cccc(C(F)(F)F)c5)n4n3)cc2)CC1. The zero-order chi connectivity index (χ0) is 26.7. The molecule has 8 nitrogen and oxygen atoms in total. The maximum Gasteiger partial charge on any atom is 0.416 e.